The molecule has 0 aliphatic heterocycles. The Labute approximate surface area is 78.6 Å². The van der Waals surface area contributed by atoms with Crippen molar-refractivity contribution in [2.45, 2.75) is 0 Å². The Hall–Kier alpha value is -2.17. The van der Waals surface area contributed by atoms with Crippen molar-refractivity contribution >= 4 is 29.0 Å². The molecule has 0 saturated carbocycles. The molecule has 0 atom stereocenters. The second-order valence-corrected chi connectivity index (χ2v) is 3.12. The molecule has 0 aromatic carbocycles. The highest BCUT2D eigenvalue weighted by molar-refractivity contribution is 6.08. The van der Waals surface area contributed by atoms with E-state index in [2.05, 4.69) is 15.2 Å². The molecule has 0 fully saturated rings. The summed E-state index contributed by atoms with van der Waals surface area (Å²) in [7, 11) is 0. The Kier molecular flexibility index (Phi) is 1.14. The molecule has 0 unspecified atom stereocenters. The number of aromatic amines is 1. The average molecular weight is 186 g/mol. The number of nitrogens with two attached hydrogens (primary N) is 1. The van der Waals surface area contributed by atoms with E-state index in [-0.39, 0.29) is 0 Å². The van der Waals surface area contributed by atoms with E-state index in [1.165, 1.54) is 0 Å². The number of amides is 1. The minimum Gasteiger partial charge on any atom is -0.364 e. The summed E-state index contributed by atoms with van der Waals surface area (Å²) in [5, 5.41) is 7.33. The molecule has 2 aromatic heterocycles. The minimum absolute atomic E-state index is 0.315. The van der Waals surface area contributed by atoms with Gasteiger partial charge in [-0.25, -0.2) is 0 Å². The Bertz CT molecular complexity index is 582. The van der Waals surface area contributed by atoms with Gasteiger partial charge in [0.15, 0.2) is 0 Å². The third-order valence-corrected chi connectivity index (χ3v) is 2.32. The number of hydrogen-bond donors (Lipinski definition) is 2. The number of H-pyrrole nitrogens is 1. The number of fused-ring (bicyclic) bond motifs is 3. The van der Waals surface area contributed by atoms with Crippen molar-refractivity contribution in [3.63, 3.8) is 0 Å². The van der Waals surface area contributed by atoms with Gasteiger partial charge in [0.2, 0.25) is 0 Å². The molecule has 0 spiro atoms. The number of carbonyl (C=O) groups is 1. The van der Waals surface area contributed by atoms with Crippen LogP contribution in [0.4, 0.5) is 0 Å². The Morgan fingerprint density at radius 1 is 1.43 bits per heavy atom. The summed E-state index contributed by atoms with van der Waals surface area (Å²) < 4.78 is 0. The van der Waals surface area contributed by atoms with Crippen LogP contribution >= 0.6 is 0 Å². The van der Waals surface area contributed by atoms with E-state index in [0.717, 1.165) is 16.8 Å². The second-order valence-electron chi connectivity index (χ2n) is 3.12. The maximum Gasteiger partial charge on any atom is 0.267 e. The predicted octanol–water partition coefficient (Wildman–Crippen LogP) is 0.541. The van der Waals surface area contributed by atoms with E-state index >= 15 is 0 Å². The molecule has 68 valence electrons. The number of rotatable bonds is 1. The number of aromatic nitrogens is 3. The number of pyridine rings is 1. The van der Waals surface area contributed by atoms with Crippen LogP contribution < -0.4 is 5.73 Å². The van der Waals surface area contributed by atoms with Gasteiger partial charge in [0.05, 0.1) is 11.1 Å². The molecule has 0 radical (unpaired) electrons. The zero-order valence-corrected chi connectivity index (χ0v) is 7.11. The molecule has 5 heteroatoms. The summed E-state index contributed by atoms with van der Waals surface area (Å²) in [6.45, 7) is 0. The second kappa shape index (κ2) is 2.20. The molecular weight excluding hydrogens is 180 g/mol. The zero-order chi connectivity index (χ0) is 9.71. The van der Waals surface area contributed by atoms with Gasteiger partial charge in [0, 0.05) is 11.8 Å². The molecule has 0 bridgehead atoms. The third kappa shape index (κ3) is 0.711. The van der Waals surface area contributed by atoms with Gasteiger partial charge in [-0.15, -0.1) is 0 Å². The molecule has 1 amide bonds. The number of primary amides is 1. The molecule has 14 heavy (non-hydrogen) atoms. The highest BCUT2D eigenvalue weighted by Crippen LogP contribution is 2.29. The lowest BCUT2D eigenvalue weighted by Gasteiger charge is -2.07. The first-order valence-electron chi connectivity index (χ1n) is 4.12. The number of hydrogen-bond acceptors (Lipinski definition) is 3. The quantitative estimate of drug-likeness (QED) is 0.581. The SMILES string of the molecule is NC(=O)c1[nH]nc2c3c(ncc12)C=C3. The molecule has 1 aliphatic rings. The van der Waals surface area contributed by atoms with Crippen molar-refractivity contribution in [3.8, 4) is 0 Å². The summed E-state index contributed by atoms with van der Waals surface area (Å²) in [4.78, 5) is 15.1. The lowest BCUT2D eigenvalue weighted by Crippen LogP contribution is -2.11. The van der Waals surface area contributed by atoms with Gasteiger partial charge in [-0.2, -0.15) is 5.10 Å². The fraction of sp³-hybridized carbons (Fsp3) is 0. The molecule has 2 aromatic rings. The maximum atomic E-state index is 11.0. The van der Waals surface area contributed by atoms with Crippen LogP contribution in [0.25, 0.3) is 23.1 Å². The normalized spacial score (nSPS) is 12.6. The number of nitrogens with one attached hydrogen (secondary N) is 1. The molecule has 3 N–H and O–H groups in total. The molecular formula is C9H6N4O. The highest BCUT2D eigenvalue weighted by Gasteiger charge is 2.17. The van der Waals surface area contributed by atoms with Crippen LogP contribution in [-0.4, -0.2) is 21.1 Å². The number of nitrogens with zero attached hydrogens (tertiary/aromatic N) is 2. The largest absolute Gasteiger partial charge is 0.364 e. The van der Waals surface area contributed by atoms with E-state index < -0.39 is 5.91 Å². The van der Waals surface area contributed by atoms with Crippen LogP contribution in [0.1, 0.15) is 21.7 Å². The first-order chi connectivity index (χ1) is 6.77. The van der Waals surface area contributed by atoms with Crippen LogP contribution in [0.5, 0.6) is 0 Å². The van der Waals surface area contributed by atoms with E-state index in [1.54, 1.807) is 6.20 Å². The van der Waals surface area contributed by atoms with E-state index in [1.807, 2.05) is 12.2 Å². The fourth-order valence-electron chi connectivity index (χ4n) is 1.56. The van der Waals surface area contributed by atoms with Crippen molar-refractivity contribution in [3.05, 3.63) is 23.1 Å². The van der Waals surface area contributed by atoms with E-state index in [9.17, 15) is 4.79 Å². The minimum atomic E-state index is -0.516. The van der Waals surface area contributed by atoms with Gasteiger partial charge in [0.25, 0.3) is 5.91 Å². The van der Waals surface area contributed by atoms with E-state index in [4.69, 9.17) is 5.73 Å². The maximum absolute atomic E-state index is 11.0. The summed E-state index contributed by atoms with van der Waals surface area (Å²) in [5.41, 5.74) is 8.11. The van der Waals surface area contributed by atoms with Crippen LogP contribution in [0, 0.1) is 0 Å². The smallest absolute Gasteiger partial charge is 0.267 e. The third-order valence-electron chi connectivity index (χ3n) is 2.32. The lowest BCUT2D eigenvalue weighted by molar-refractivity contribution is 0.0997. The van der Waals surface area contributed by atoms with Crippen molar-refractivity contribution < 1.29 is 4.79 Å². The summed E-state index contributed by atoms with van der Waals surface area (Å²) in [6, 6.07) is 0. The average Bonchev–Trinajstić information content (AvgIpc) is 2.47. The summed E-state index contributed by atoms with van der Waals surface area (Å²) >= 11 is 0. The fourth-order valence-corrected chi connectivity index (χ4v) is 1.56. The first kappa shape index (κ1) is 7.25. The number of carbonyl (C=O) groups excluding carboxylic acids is 1. The Morgan fingerprint density at radius 3 is 2.93 bits per heavy atom. The molecule has 0 saturated heterocycles. The van der Waals surface area contributed by atoms with E-state index in [0.29, 0.717) is 11.1 Å². The van der Waals surface area contributed by atoms with Crippen molar-refractivity contribution in [1.29, 1.82) is 0 Å². The van der Waals surface area contributed by atoms with Gasteiger partial charge in [-0.1, -0.05) is 0 Å². The van der Waals surface area contributed by atoms with Gasteiger partial charge in [-0.3, -0.25) is 14.9 Å². The summed E-state index contributed by atoms with van der Waals surface area (Å²) in [5.74, 6) is -0.516. The van der Waals surface area contributed by atoms with Gasteiger partial charge >= 0.3 is 0 Å². The van der Waals surface area contributed by atoms with Crippen molar-refractivity contribution in [2.24, 2.45) is 5.73 Å². The van der Waals surface area contributed by atoms with Gasteiger partial charge < -0.3 is 5.73 Å². The molecule has 3 rings (SSSR count). The molecule has 5 nitrogen and oxygen atoms in total. The Balaban J connectivity index is 2.41. The monoisotopic (exact) mass is 186 g/mol. The van der Waals surface area contributed by atoms with Crippen molar-refractivity contribution in [2.75, 3.05) is 0 Å². The van der Waals surface area contributed by atoms with Crippen LogP contribution in [0.3, 0.4) is 0 Å². The first-order valence-corrected chi connectivity index (χ1v) is 4.12. The molecule has 2 heterocycles. The van der Waals surface area contributed by atoms with Crippen LogP contribution in [-0.2, 0) is 0 Å². The lowest BCUT2D eigenvalue weighted by atomic mass is 10.0. The highest BCUT2D eigenvalue weighted by atomic mass is 16.1. The van der Waals surface area contributed by atoms with Crippen molar-refractivity contribution in [1.82, 2.24) is 15.2 Å². The van der Waals surface area contributed by atoms with Gasteiger partial charge in [0.1, 0.15) is 11.2 Å². The summed E-state index contributed by atoms with van der Waals surface area (Å²) in [6.07, 6.45) is 5.42. The predicted molar refractivity (Wildman–Crippen MR) is 51.3 cm³/mol. The van der Waals surface area contributed by atoms with Crippen LogP contribution in [0.2, 0.25) is 0 Å². The van der Waals surface area contributed by atoms with Gasteiger partial charge in [-0.05, 0) is 12.2 Å². The van der Waals surface area contributed by atoms with Crippen LogP contribution in [0.15, 0.2) is 6.20 Å². The zero-order valence-electron chi connectivity index (χ0n) is 7.11. The topological polar surface area (TPSA) is 84.7 Å². The standard InChI is InChI=1S/C9H6N4O/c10-9(14)8-5-3-11-6-2-1-4(6)7(5)12-13-8/h1-3H,(H2,10,14)(H,12,13). The molecule has 1 aliphatic carbocycles. The Morgan fingerprint density at radius 2 is 2.29 bits per heavy atom.